The molecule has 1 fully saturated rings. The lowest BCUT2D eigenvalue weighted by atomic mass is 10.1. The molecular weight excluding hydrogens is 483 g/mol. The van der Waals surface area contributed by atoms with E-state index < -0.39 is 50.7 Å². The van der Waals surface area contributed by atoms with Gasteiger partial charge in [0.05, 0.1) is 47.2 Å². The Morgan fingerprint density at radius 2 is 2.00 bits per heavy atom. The average Bonchev–Trinajstić information content (AvgIpc) is 3.16. The number of benzene rings is 1. The monoisotopic (exact) mass is 503 g/mol. The zero-order chi connectivity index (χ0) is 23.8. The lowest BCUT2D eigenvalue weighted by Gasteiger charge is -2.27. The zero-order valence-electron chi connectivity index (χ0n) is 17.3. The summed E-state index contributed by atoms with van der Waals surface area (Å²) in [5.74, 6) is -5.86. The Labute approximate surface area is 192 Å². The van der Waals surface area contributed by atoms with Crippen molar-refractivity contribution < 1.29 is 31.1 Å². The fourth-order valence-corrected chi connectivity index (χ4v) is 5.68. The summed E-state index contributed by atoms with van der Waals surface area (Å²) in [6.45, 7) is 2.64. The maximum atomic E-state index is 14.9. The summed E-state index contributed by atoms with van der Waals surface area (Å²) in [5.41, 5.74) is -1.50. The number of fused-ring (bicyclic) bond motifs is 1. The number of thioether (sulfide) groups is 1. The predicted octanol–water partition coefficient (Wildman–Crippen LogP) is 2.68. The maximum absolute atomic E-state index is 14.9. The molecule has 2 aliphatic rings. The third-order valence-electron chi connectivity index (χ3n) is 4.99. The van der Waals surface area contributed by atoms with Gasteiger partial charge in [0, 0.05) is 11.8 Å². The summed E-state index contributed by atoms with van der Waals surface area (Å²) in [5, 5.41) is 5.25. The standard InChI is InChI=1S/C19H20F3N5O4S2/c1-2-3-33(29,30)27-12-4-11(20)13(21)16(14(12)22)26-19(28)10-7-32-17-15(10)23-8-24-18(17)25-9-5-31-6-9/h4,8-10,27H,2-3,5-7H2,1H3,(H,26,28)(H,23,24,25). The van der Waals surface area contributed by atoms with Crippen LogP contribution in [0.4, 0.5) is 30.4 Å². The molecule has 1 unspecified atom stereocenters. The van der Waals surface area contributed by atoms with E-state index in [0.29, 0.717) is 35.7 Å². The molecule has 4 rings (SSSR count). The number of sulfonamides is 1. The smallest absolute Gasteiger partial charge is 0.234 e. The van der Waals surface area contributed by atoms with E-state index in [9.17, 15) is 26.4 Å². The number of ether oxygens (including phenoxy) is 1. The summed E-state index contributed by atoms with van der Waals surface area (Å²) in [7, 11) is -3.98. The van der Waals surface area contributed by atoms with E-state index in [2.05, 4.69) is 20.6 Å². The fraction of sp³-hybridized carbons (Fsp3) is 0.421. The molecule has 3 heterocycles. The first kappa shape index (κ1) is 23.6. The highest BCUT2D eigenvalue weighted by Crippen LogP contribution is 2.43. The molecule has 1 saturated heterocycles. The van der Waals surface area contributed by atoms with E-state index in [1.165, 1.54) is 18.1 Å². The number of anilines is 3. The molecule has 9 nitrogen and oxygen atoms in total. The predicted molar refractivity (Wildman–Crippen MR) is 116 cm³/mol. The molecule has 2 aromatic rings. The van der Waals surface area contributed by atoms with Gasteiger partial charge in [0.2, 0.25) is 15.9 Å². The van der Waals surface area contributed by atoms with Crippen molar-refractivity contribution in [3.63, 3.8) is 0 Å². The summed E-state index contributed by atoms with van der Waals surface area (Å²) in [6.07, 6.45) is 1.51. The number of hydrogen-bond donors (Lipinski definition) is 3. The molecule has 1 amide bonds. The van der Waals surface area contributed by atoms with Gasteiger partial charge < -0.3 is 15.4 Å². The second-order valence-electron chi connectivity index (χ2n) is 7.50. The molecule has 0 bridgehead atoms. The largest absolute Gasteiger partial charge is 0.377 e. The molecule has 1 atom stereocenters. The van der Waals surface area contributed by atoms with Crippen molar-refractivity contribution in [1.29, 1.82) is 0 Å². The number of carbonyl (C=O) groups excluding carboxylic acids is 1. The van der Waals surface area contributed by atoms with Crippen LogP contribution < -0.4 is 15.4 Å². The van der Waals surface area contributed by atoms with Crippen LogP contribution in [0, 0.1) is 17.5 Å². The Balaban J connectivity index is 1.58. The van der Waals surface area contributed by atoms with Crippen LogP contribution >= 0.6 is 11.8 Å². The van der Waals surface area contributed by atoms with Crippen LogP contribution in [0.15, 0.2) is 17.3 Å². The topological polar surface area (TPSA) is 122 Å². The quantitative estimate of drug-likeness (QED) is 0.470. The van der Waals surface area contributed by atoms with Gasteiger partial charge in [-0.05, 0) is 6.42 Å². The van der Waals surface area contributed by atoms with Gasteiger partial charge in [-0.3, -0.25) is 9.52 Å². The van der Waals surface area contributed by atoms with Crippen molar-refractivity contribution in [2.24, 2.45) is 0 Å². The minimum absolute atomic E-state index is 0.0860. The molecule has 0 saturated carbocycles. The first-order valence-electron chi connectivity index (χ1n) is 10.0. The molecule has 2 aliphatic heterocycles. The van der Waals surface area contributed by atoms with Crippen LogP contribution in [0.2, 0.25) is 0 Å². The summed E-state index contributed by atoms with van der Waals surface area (Å²) in [6, 6.07) is 0.478. The third kappa shape index (κ3) is 4.87. The van der Waals surface area contributed by atoms with Crippen LogP contribution in [-0.4, -0.2) is 55.1 Å². The Hall–Kier alpha value is -2.58. The van der Waals surface area contributed by atoms with E-state index in [1.54, 1.807) is 6.92 Å². The zero-order valence-corrected chi connectivity index (χ0v) is 19.0. The van der Waals surface area contributed by atoms with Crippen molar-refractivity contribution >= 4 is 44.9 Å². The normalized spacial score (nSPS) is 17.9. The van der Waals surface area contributed by atoms with Gasteiger partial charge in [0.25, 0.3) is 0 Å². The van der Waals surface area contributed by atoms with Crippen molar-refractivity contribution in [1.82, 2.24) is 9.97 Å². The molecule has 14 heteroatoms. The molecule has 1 aromatic heterocycles. The molecule has 0 spiro atoms. The van der Waals surface area contributed by atoms with Crippen LogP contribution in [0.25, 0.3) is 0 Å². The molecule has 33 heavy (non-hydrogen) atoms. The van der Waals surface area contributed by atoms with Gasteiger partial charge >= 0.3 is 0 Å². The Bertz CT molecular complexity index is 1190. The highest BCUT2D eigenvalue weighted by atomic mass is 32.2. The Morgan fingerprint density at radius 3 is 2.67 bits per heavy atom. The first-order valence-corrected chi connectivity index (χ1v) is 12.6. The van der Waals surface area contributed by atoms with Gasteiger partial charge in [-0.25, -0.2) is 31.6 Å². The number of nitrogens with zero attached hydrogens (tertiary/aromatic N) is 2. The first-order chi connectivity index (χ1) is 15.7. The maximum Gasteiger partial charge on any atom is 0.234 e. The number of rotatable bonds is 8. The molecule has 178 valence electrons. The van der Waals surface area contributed by atoms with Crippen molar-refractivity contribution in [3.05, 3.63) is 35.5 Å². The lowest BCUT2D eigenvalue weighted by Crippen LogP contribution is -2.40. The van der Waals surface area contributed by atoms with E-state index in [4.69, 9.17) is 4.74 Å². The van der Waals surface area contributed by atoms with E-state index in [1.807, 2.05) is 4.72 Å². The van der Waals surface area contributed by atoms with Gasteiger partial charge in [0.1, 0.15) is 17.8 Å². The third-order valence-corrected chi connectivity index (χ3v) is 7.66. The highest BCUT2D eigenvalue weighted by molar-refractivity contribution is 7.99. The minimum atomic E-state index is -3.98. The van der Waals surface area contributed by atoms with Gasteiger partial charge in [-0.15, -0.1) is 11.8 Å². The second kappa shape index (κ2) is 9.35. The molecule has 0 radical (unpaired) electrons. The van der Waals surface area contributed by atoms with Crippen molar-refractivity contribution in [3.8, 4) is 0 Å². The molecule has 1 aromatic carbocycles. The highest BCUT2D eigenvalue weighted by Gasteiger charge is 2.35. The number of nitrogens with one attached hydrogen (secondary N) is 3. The Morgan fingerprint density at radius 1 is 1.24 bits per heavy atom. The Kier molecular flexibility index (Phi) is 6.68. The van der Waals surface area contributed by atoms with Crippen LogP contribution in [0.3, 0.4) is 0 Å². The fourth-order valence-electron chi connectivity index (χ4n) is 3.32. The molecule has 3 N–H and O–H groups in total. The number of carbonyl (C=O) groups is 1. The van der Waals surface area contributed by atoms with Crippen molar-refractivity contribution in [2.75, 3.05) is 40.1 Å². The van der Waals surface area contributed by atoms with Crippen molar-refractivity contribution in [2.45, 2.75) is 30.2 Å². The van der Waals surface area contributed by atoms with E-state index in [-0.39, 0.29) is 24.0 Å². The van der Waals surface area contributed by atoms with Crippen LogP contribution in [-0.2, 0) is 19.6 Å². The second-order valence-corrected chi connectivity index (χ2v) is 10.4. The molecule has 0 aliphatic carbocycles. The number of hydrogen-bond acceptors (Lipinski definition) is 8. The lowest BCUT2D eigenvalue weighted by molar-refractivity contribution is -0.117. The number of halogens is 3. The van der Waals surface area contributed by atoms with E-state index >= 15 is 0 Å². The average molecular weight is 504 g/mol. The number of aromatic nitrogens is 2. The summed E-state index contributed by atoms with van der Waals surface area (Å²) >= 11 is 1.30. The SMILES string of the molecule is CCCS(=O)(=O)Nc1cc(F)c(F)c(NC(=O)C2CSc3c(NC4COC4)ncnc32)c1F. The number of amides is 1. The van der Waals surface area contributed by atoms with E-state index in [0.717, 1.165) is 0 Å². The van der Waals surface area contributed by atoms with Crippen LogP contribution in [0.1, 0.15) is 25.0 Å². The van der Waals surface area contributed by atoms with Gasteiger partial charge in [0.15, 0.2) is 17.5 Å². The van der Waals surface area contributed by atoms with Gasteiger partial charge in [-0.2, -0.15) is 0 Å². The summed E-state index contributed by atoms with van der Waals surface area (Å²) in [4.78, 5) is 21.8. The molecular formula is C19H20F3N5O4S2. The minimum Gasteiger partial charge on any atom is -0.377 e. The summed E-state index contributed by atoms with van der Waals surface area (Å²) < 4.78 is 74.2. The van der Waals surface area contributed by atoms with Gasteiger partial charge in [-0.1, -0.05) is 6.92 Å². The van der Waals surface area contributed by atoms with Crippen LogP contribution in [0.5, 0.6) is 0 Å².